The van der Waals surface area contributed by atoms with Gasteiger partial charge in [0.1, 0.15) is 12.4 Å². The molecular weight excluding hydrogens is 396 g/mol. The van der Waals surface area contributed by atoms with Crippen LogP contribution >= 0.6 is 0 Å². The van der Waals surface area contributed by atoms with Crippen LogP contribution in [0.15, 0.2) is 84.1 Å². The quantitative estimate of drug-likeness (QED) is 0.265. The van der Waals surface area contributed by atoms with Gasteiger partial charge in [0.2, 0.25) is 0 Å². The van der Waals surface area contributed by atoms with Crippen molar-refractivity contribution in [1.82, 2.24) is 10.4 Å². The summed E-state index contributed by atoms with van der Waals surface area (Å²) in [4.78, 5) is 25.7. The van der Waals surface area contributed by atoms with Crippen molar-refractivity contribution in [3.63, 3.8) is 0 Å². The highest BCUT2D eigenvalue weighted by Gasteiger charge is 2.11. The largest absolute Gasteiger partial charge is 0.489 e. The molecule has 0 saturated carbocycles. The molecule has 0 bridgehead atoms. The summed E-state index contributed by atoms with van der Waals surface area (Å²) in [7, 11) is 0. The first-order chi connectivity index (χ1) is 15.1. The molecule has 2 N–H and O–H groups in total. The third-order valence-electron chi connectivity index (χ3n) is 4.62. The van der Waals surface area contributed by atoms with Gasteiger partial charge in [0.05, 0.1) is 11.1 Å². The summed E-state index contributed by atoms with van der Waals surface area (Å²) in [6.45, 7) is 0.458. The zero-order valence-corrected chi connectivity index (χ0v) is 16.3. The molecular formula is C23H18N4O4. The van der Waals surface area contributed by atoms with Gasteiger partial charge in [-0.15, -0.1) is 0 Å². The number of rotatable bonds is 7. The Bertz CT molecular complexity index is 1270. The number of nitro groups is 1. The van der Waals surface area contributed by atoms with Crippen molar-refractivity contribution >= 4 is 28.7 Å². The SMILES string of the molecule is O=C(N/N=C/c1c[nH]c2ccc(OCc3ccccc3)cc12)c1cccc([N+](=O)[O-])c1. The maximum Gasteiger partial charge on any atom is 0.271 e. The number of non-ortho nitro benzene ring substituents is 1. The molecule has 1 amide bonds. The van der Waals surface area contributed by atoms with E-state index in [-0.39, 0.29) is 11.3 Å². The standard InChI is InChI=1S/C23H18N4O4/c28-23(17-7-4-8-19(11-17)27(29)30)26-25-14-18-13-24-22-10-9-20(12-21(18)22)31-15-16-5-2-1-3-6-16/h1-14,24H,15H2,(H,26,28)/b25-14+. The van der Waals surface area contributed by atoms with Crippen molar-refractivity contribution in [2.75, 3.05) is 0 Å². The molecule has 0 saturated heterocycles. The van der Waals surface area contributed by atoms with Crippen molar-refractivity contribution in [3.05, 3.63) is 106 Å². The maximum atomic E-state index is 12.2. The van der Waals surface area contributed by atoms with E-state index in [1.165, 1.54) is 30.5 Å². The number of hydrazone groups is 1. The minimum atomic E-state index is -0.552. The first-order valence-electron chi connectivity index (χ1n) is 9.46. The number of ether oxygens (including phenoxy) is 1. The van der Waals surface area contributed by atoms with E-state index in [4.69, 9.17) is 4.74 Å². The Labute approximate surface area is 177 Å². The van der Waals surface area contributed by atoms with Gasteiger partial charge in [0.15, 0.2) is 0 Å². The average Bonchev–Trinajstić information content (AvgIpc) is 3.20. The molecule has 1 heterocycles. The Morgan fingerprint density at radius 2 is 1.94 bits per heavy atom. The van der Waals surface area contributed by atoms with Crippen LogP contribution in [-0.2, 0) is 6.61 Å². The number of carbonyl (C=O) groups is 1. The van der Waals surface area contributed by atoms with Crippen LogP contribution in [-0.4, -0.2) is 22.0 Å². The van der Waals surface area contributed by atoms with Gasteiger partial charge in [-0.05, 0) is 29.8 Å². The summed E-state index contributed by atoms with van der Waals surface area (Å²) in [5.74, 6) is 0.179. The number of hydrogen-bond donors (Lipinski definition) is 2. The van der Waals surface area contributed by atoms with Gasteiger partial charge in [-0.2, -0.15) is 5.10 Å². The number of hydrogen-bond acceptors (Lipinski definition) is 5. The zero-order valence-electron chi connectivity index (χ0n) is 16.3. The highest BCUT2D eigenvalue weighted by Crippen LogP contribution is 2.23. The molecule has 4 rings (SSSR count). The van der Waals surface area contributed by atoms with Crippen LogP contribution in [0.5, 0.6) is 5.75 Å². The predicted molar refractivity (Wildman–Crippen MR) is 117 cm³/mol. The van der Waals surface area contributed by atoms with Crippen molar-refractivity contribution in [1.29, 1.82) is 0 Å². The van der Waals surface area contributed by atoms with Gasteiger partial charge in [-0.25, -0.2) is 5.43 Å². The fraction of sp³-hybridized carbons (Fsp3) is 0.0435. The number of H-pyrrole nitrogens is 1. The molecule has 0 fully saturated rings. The smallest absolute Gasteiger partial charge is 0.271 e. The predicted octanol–water partition coefficient (Wildman–Crippen LogP) is 4.42. The van der Waals surface area contributed by atoms with Gasteiger partial charge in [-0.1, -0.05) is 36.4 Å². The molecule has 8 nitrogen and oxygen atoms in total. The Morgan fingerprint density at radius 3 is 2.74 bits per heavy atom. The Morgan fingerprint density at radius 1 is 1.10 bits per heavy atom. The summed E-state index contributed by atoms with van der Waals surface area (Å²) < 4.78 is 5.87. The minimum absolute atomic E-state index is 0.155. The number of aromatic amines is 1. The molecule has 0 aliphatic rings. The molecule has 0 radical (unpaired) electrons. The van der Waals surface area contributed by atoms with E-state index in [0.717, 1.165) is 22.0 Å². The van der Waals surface area contributed by atoms with Crippen LogP contribution in [0.25, 0.3) is 10.9 Å². The lowest BCUT2D eigenvalue weighted by molar-refractivity contribution is -0.384. The highest BCUT2D eigenvalue weighted by atomic mass is 16.6. The van der Waals surface area contributed by atoms with Crippen molar-refractivity contribution < 1.29 is 14.5 Å². The Balaban J connectivity index is 1.45. The number of nitrogens with one attached hydrogen (secondary N) is 2. The second kappa shape index (κ2) is 8.91. The number of amides is 1. The average molecular weight is 414 g/mol. The van der Waals surface area contributed by atoms with E-state index in [1.807, 2.05) is 48.5 Å². The molecule has 8 heteroatoms. The van der Waals surface area contributed by atoms with Crippen LogP contribution < -0.4 is 10.2 Å². The molecule has 0 aliphatic heterocycles. The van der Waals surface area contributed by atoms with Crippen LogP contribution in [0, 0.1) is 10.1 Å². The van der Waals surface area contributed by atoms with Crippen molar-refractivity contribution in [3.8, 4) is 5.75 Å². The first kappa shape index (κ1) is 19.8. The Hall–Kier alpha value is -4.46. The molecule has 0 unspecified atom stereocenters. The van der Waals surface area contributed by atoms with Crippen LogP contribution in [0.2, 0.25) is 0 Å². The molecule has 31 heavy (non-hydrogen) atoms. The second-order valence-corrected chi connectivity index (χ2v) is 6.73. The van der Waals surface area contributed by atoms with Gasteiger partial charge in [-0.3, -0.25) is 14.9 Å². The molecule has 0 spiro atoms. The monoisotopic (exact) mass is 414 g/mol. The number of benzene rings is 3. The third-order valence-corrected chi connectivity index (χ3v) is 4.62. The topological polar surface area (TPSA) is 110 Å². The molecule has 0 aliphatic carbocycles. The van der Waals surface area contributed by atoms with E-state index >= 15 is 0 Å². The fourth-order valence-corrected chi connectivity index (χ4v) is 3.04. The number of fused-ring (bicyclic) bond motifs is 1. The van der Waals surface area contributed by atoms with E-state index < -0.39 is 10.8 Å². The summed E-state index contributed by atoms with van der Waals surface area (Å²) in [6.07, 6.45) is 3.28. The normalized spacial score (nSPS) is 11.0. The van der Waals surface area contributed by atoms with E-state index in [0.29, 0.717) is 12.4 Å². The van der Waals surface area contributed by atoms with Crippen LogP contribution in [0.3, 0.4) is 0 Å². The highest BCUT2D eigenvalue weighted by molar-refractivity contribution is 6.00. The summed E-state index contributed by atoms with van der Waals surface area (Å²) >= 11 is 0. The van der Waals surface area contributed by atoms with Crippen LogP contribution in [0.1, 0.15) is 21.5 Å². The zero-order chi connectivity index (χ0) is 21.6. The third kappa shape index (κ3) is 4.76. The number of nitro benzene ring substituents is 1. The van der Waals surface area contributed by atoms with Crippen molar-refractivity contribution in [2.24, 2.45) is 5.10 Å². The van der Waals surface area contributed by atoms with E-state index in [9.17, 15) is 14.9 Å². The van der Waals surface area contributed by atoms with Crippen LogP contribution in [0.4, 0.5) is 5.69 Å². The van der Waals surface area contributed by atoms with Gasteiger partial charge in [0, 0.05) is 40.4 Å². The fourth-order valence-electron chi connectivity index (χ4n) is 3.04. The van der Waals surface area contributed by atoms with E-state index in [1.54, 1.807) is 6.20 Å². The summed E-state index contributed by atoms with van der Waals surface area (Å²) in [6, 6.07) is 21.0. The summed E-state index contributed by atoms with van der Waals surface area (Å²) in [5, 5.41) is 15.7. The van der Waals surface area contributed by atoms with Gasteiger partial charge >= 0.3 is 0 Å². The number of nitrogens with zero attached hydrogens (tertiary/aromatic N) is 2. The summed E-state index contributed by atoms with van der Waals surface area (Å²) in [5.41, 5.74) is 5.13. The lowest BCUT2D eigenvalue weighted by Crippen LogP contribution is -2.17. The second-order valence-electron chi connectivity index (χ2n) is 6.73. The van der Waals surface area contributed by atoms with Gasteiger partial charge in [0.25, 0.3) is 11.6 Å². The van der Waals surface area contributed by atoms with E-state index in [2.05, 4.69) is 15.5 Å². The maximum absolute atomic E-state index is 12.2. The number of aromatic nitrogens is 1. The van der Waals surface area contributed by atoms with Gasteiger partial charge < -0.3 is 9.72 Å². The Kier molecular flexibility index (Phi) is 5.70. The minimum Gasteiger partial charge on any atom is -0.489 e. The molecule has 154 valence electrons. The lowest BCUT2D eigenvalue weighted by atomic mass is 10.2. The number of carbonyl (C=O) groups excluding carboxylic acids is 1. The lowest BCUT2D eigenvalue weighted by Gasteiger charge is -2.06. The molecule has 4 aromatic rings. The van der Waals surface area contributed by atoms with Crippen molar-refractivity contribution in [2.45, 2.75) is 6.61 Å². The first-order valence-corrected chi connectivity index (χ1v) is 9.46. The molecule has 3 aromatic carbocycles. The molecule has 1 aromatic heterocycles. The molecule has 0 atom stereocenters.